The number of ether oxygens (including phenoxy) is 1. The first kappa shape index (κ1) is 10.4. The lowest BCUT2D eigenvalue weighted by Gasteiger charge is -2.44. The van der Waals surface area contributed by atoms with E-state index in [1.165, 1.54) is 32.1 Å². The zero-order valence-corrected chi connectivity index (χ0v) is 9.46. The van der Waals surface area contributed by atoms with Gasteiger partial charge in [-0.3, -0.25) is 0 Å². The van der Waals surface area contributed by atoms with E-state index in [0.717, 1.165) is 11.8 Å². The Balaban J connectivity index is 2.12. The van der Waals surface area contributed by atoms with Crippen molar-refractivity contribution < 1.29 is 4.74 Å². The van der Waals surface area contributed by atoms with E-state index in [2.05, 4.69) is 13.8 Å². The van der Waals surface area contributed by atoms with Crippen molar-refractivity contribution in [1.29, 1.82) is 0 Å². The Morgan fingerprint density at radius 1 is 1.21 bits per heavy atom. The van der Waals surface area contributed by atoms with Crippen LogP contribution in [0.15, 0.2) is 0 Å². The van der Waals surface area contributed by atoms with Crippen molar-refractivity contribution in [2.75, 3.05) is 6.54 Å². The van der Waals surface area contributed by atoms with Gasteiger partial charge in [0.2, 0.25) is 0 Å². The van der Waals surface area contributed by atoms with Crippen molar-refractivity contribution in [1.82, 2.24) is 0 Å². The van der Waals surface area contributed by atoms with E-state index < -0.39 is 0 Å². The molecule has 0 amide bonds. The maximum absolute atomic E-state index is 6.24. The molecule has 14 heavy (non-hydrogen) atoms. The molecule has 2 fully saturated rings. The molecule has 1 aliphatic heterocycles. The topological polar surface area (TPSA) is 35.2 Å². The molecule has 2 N–H and O–H groups in total. The van der Waals surface area contributed by atoms with E-state index in [1.807, 2.05) is 0 Å². The quantitative estimate of drug-likeness (QED) is 0.700. The molecule has 1 saturated carbocycles. The van der Waals surface area contributed by atoms with Gasteiger partial charge in [0.1, 0.15) is 0 Å². The molecule has 0 aromatic rings. The highest BCUT2D eigenvalue weighted by molar-refractivity contribution is 4.99. The predicted molar refractivity (Wildman–Crippen MR) is 58.1 cm³/mol. The second-order valence-electron chi connectivity index (χ2n) is 5.20. The summed E-state index contributed by atoms with van der Waals surface area (Å²) in [7, 11) is 0. The van der Waals surface area contributed by atoms with Gasteiger partial charge in [0.05, 0.1) is 11.7 Å². The van der Waals surface area contributed by atoms with Crippen LogP contribution in [0.25, 0.3) is 0 Å². The molecular weight excluding hydrogens is 174 g/mol. The number of hydrogen-bond acceptors (Lipinski definition) is 2. The number of rotatable bonds is 1. The zero-order chi connectivity index (χ0) is 10.2. The fourth-order valence-electron chi connectivity index (χ4n) is 3.41. The van der Waals surface area contributed by atoms with Gasteiger partial charge in [0, 0.05) is 6.54 Å². The van der Waals surface area contributed by atoms with Gasteiger partial charge < -0.3 is 10.5 Å². The molecule has 0 aromatic heterocycles. The Hall–Kier alpha value is -0.0800. The first-order valence-corrected chi connectivity index (χ1v) is 6.07. The van der Waals surface area contributed by atoms with Crippen LogP contribution >= 0.6 is 0 Å². The van der Waals surface area contributed by atoms with Crippen LogP contribution in [0.3, 0.4) is 0 Å². The van der Waals surface area contributed by atoms with Crippen molar-refractivity contribution in [3.63, 3.8) is 0 Å². The second-order valence-corrected chi connectivity index (χ2v) is 5.20. The molecule has 2 nitrogen and oxygen atoms in total. The molecule has 0 aromatic carbocycles. The van der Waals surface area contributed by atoms with E-state index >= 15 is 0 Å². The van der Waals surface area contributed by atoms with Gasteiger partial charge in [-0.05, 0) is 37.5 Å². The molecule has 1 heterocycles. The third kappa shape index (κ3) is 1.49. The van der Waals surface area contributed by atoms with Gasteiger partial charge in [0.15, 0.2) is 0 Å². The monoisotopic (exact) mass is 197 g/mol. The molecule has 0 unspecified atom stereocenters. The fraction of sp³-hybridized carbons (Fsp3) is 1.00. The summed E-state index contributed by atoms with van der Waals surface area (Å²) in [5, 5.41) is 0. The molecule has 2 rings (SSSR count). The van der Waals surface area contributed by atoms with Gasteiger partial charge in [-0.2, -0.15) is 0 Å². The zero-order valence-electron chi connectivity index (χ0n) is 9.46. The summed E-state index contributed by atoms with van der Waals surface area (Å²) in [6.45, 7) is 5.41. The van der Waals surface area contributed by atoms with Crippen LogP contribution in [-0.4, -0.2) is 18.2 Å². The van der Waals surface area contributed by atoms with Gasteiger partial charge >= 0.3 is 0 Å². The predicted octanol–water partition coefficient (Wildman–Crippen LogP) is 2.32. The van der Waals surface area contributed by atoms with Gasteiger partial charge in [0.25, 0.3) is 0 Å². The molecule has 82 valence electrons. The Morgan fingerprint density at radius 2 is 1.86 bits per heavy atom. The number of nitrogens with two attached hydrogens (primary N) is 1. The highest BCUT2D eigenvalue weighted by atomic mass is 16.5. The smallest absolute Gasteiger partial charge is 0.0738 e. The highest BCUT2D eigenvalue weighted by Crippen LogP contribution is 2.48. The van der Waals surface area contributed by atoms with Crippen molar-refractivity contribution >= 4 is 0 Å². The molecular formula is C12H23NO. The summed E-state index contributed by atoms with van der Waals surface area (Å²) in [6.07, 6.45) is 6.78. The highest BCUT2D eigenvalue weighted by Gasteiger charge is 2.49. The first-order valence-electron chi connectivity index (χ1n) is 6.07. The third-order valence-corrected chi connectivity index (χ3v) is 4.45. The SMILES string of the molecule is C[C@@H]1CCC[C@@H](C)C12CC[C@H](CN)O2. The molecule has 2 aliphatic rings. The molecule has 0 bridgehead atoms. The molecule has 2 heteroatoms. The normalized spacial score (nSPS) is 41.8. The summed E-state index contributed by atoms with van der Waals surface area (Å²) in [5.74, 6) is 1.45. The average molecular weight is 197 g/mol. The molecule has 1 aliphatic carbocycles. The average Bonchev–Trinajstić information content (AvgIpc) is 2.60. The minimum atomic E-state index is 0.183. The minimum absolute atomic E-state index is 0.183. The standard InChI is InChI=1S/C12H23NO/c1-9-4-3-5-10(2)12(9)7-6-11(8-13)14-12/h9-11H,3-8,13H2,1-2H3/t9-,10-,11-/m1/s1. The lowest BCUT2D eigenvalue weighted by Crippen LogP contribution is -2.46. The summed E-state index contributed by atoms with van der Waals surface area (Å²) in [6, 6.07) is 0. The van der Waals surface area contributed by atoms with Gasteiger partial charge in [-0.25, -0.2) is 0 Å². The van der Waals surface area contributed by atoms with Crippen LogP contribution in [0.1, 0.15) is 46.0 Å². The molecule has 0 radical (unpaired) electrons. The Labute approximate surface area is 87.2 Å². The second kappa shape index (κ2) is 3.82. The fourth-order valence-corrected chi connectivity index (χ4v) is 3.41. The Kier molecular flexibility index (Phi) is 2.85. The van der Waals surface area contributed by atoms with Crippen LogP contribution in [-0.2, 0) is 4.74 Å². The van der Waals surface area contributed by atoms with Crippen molar-refractivity contribution in [3.05, 3.63) is 0 Å². The van der Waals surface area contributed by atoms with E-state index in [1.54, 1.807) is 0 Å². The van der Waals surface area contributed by atoms with Crippen LogP contribution in [0.5, 0.6) is 0 Å². The summed E-state index contributed by atoms with van der Waals surface area (Å²) < 4.78 is 6.24. The van der Waals surface area contributed by atoms with Crippen molar-refractivity contribution in [2.45, 2.75) is 57.7 Å². The van der Waals surface area contributed by atoms with Gasteiger partial charge in [-0.1, -0.05) is 20.3 Å². The van der Waals surface area contributed by atoms with Crippen molar-refractivity contribution in [2.24, 2.45) is 17.6 Å². The lowest BCUT2D eigenvalue weighted by molar-refractivity contribution is -0.124. The van der Waals surface area contributed by atoms with Crippen molar-refractivity contribution in [3.8, 4) is 0 Å². The summed E-state index contributed by atoms with van der Waals surface area (Å²) in [5.41, 5.74) is 5.87. The third-order valence-electron chi connectivity index (χ3n) is 4.45. The minimum Gasteiger partial charge on any atom is -0.370 e. The van der Waals surface area contributed by atoms with Gasteiger partial charge in [-0.15, -0.1) is 0 Å². The van der Waals surface area contributed by atoms with E-state index in [9.17, 15) is 0 Å². The van der Waals surface area contributed by atoms with Crippen LogP contribution < -0.4 is 5.73 Å². The van der Waals surface area contributed by atoms with E-state index in [4.69, 9.17) is 10.5 Å². The first-order chi connectivity index (χ1) is 6.69. The Morgan fingerprint density at radius 3 is 2.36 bits per heavy atom. The molecule has 3 atom stereocenters. The van der Waals surface area contributed by atoms with Crippen LogP contribution in [0, 0.1) is 11.8 Å². The van der Waals surface area contributed by atoms with E-state index in [-0.39, 0.29) is 5.60 Å². The molecule has 1 spiro atoms. The summed E-state index contributed by atoms with van der Waals surface area (Å²) >= 11 is 0. The van der Waals surface area contributed by atoms with Crippen LogP contribution in [0.4, 0.5) is 0 Å². The lowest BCUT2D eigenvalue weighted by atomic mass is 9.68. The molecule has 1 saturated heterocycles. The van der Waals surface area contributed by atoms with E-state index in [0.29, 0.717) is 12.6 Å². The van der Waals surface area contributed by atoms with Crippen LogP contribution in [0.2, 0.25) is 0 Å². The maximum atomic E-state index is 6.24. The maximum Gasteiger partial charge on any atom is 0.0738 e. The largest absolute Gasteiger partial charge is 0.370 e. The summed E-state index contributed by atoms with van der Waals surface area (Å²) in [4.78, 5) is 0. The Bertz CT molecular complexity index is 194. The number of hydrogen-bond donors (Lipinski definition) is 1.